The normalized spacial score (nSPS) is 16.3. The van der Waals surface area contributed by atoms with E-state index >= 15 is 0 Å². The van der Waals surface area contributed by atoms with Gasteiger partial charge < -0.3 is 14.2 Å². The van der Waals surface area contributed by atoms with Gasteiger partial charge in [-0.15, -0.1) is 0 Å². The van der Waals surface area contributed by atoms with Gasteiger partial charge >= 0.3 is 0 Å². The van der Waals surface area contributed by atoms with E-state index in [-0.39, 0.29) is 5.91 Å². The highest BCUT2D eigenvalue weighted by molar-refractivity contribution is 5.89. The second-order valence-corrected chi connectivity index (χ2v) is 6.70. The van der Waals surface area contributed by atoms with Gasteiger partial charge in [0.25, 0.3) is 0 Å². The molecule has 2 heterocycles. The predicted octanol–water partition coefficient (Wildman–Crippen LogP) is 2.38. The van der Waals surface area contributed by atoms with Crippen LogP contribution in [-0.4, -0.2) is 66.7 Å². The number of aromatic nitrogens is 1. The zero-order valence-corrected chi connectivity index (χ0v) is 15.4. The topological polar surface area (TPSA) is 37.7 Å². The van der Waals surface area contributed by atoms with E-state index in [1.54, 1.807) is 7.11 Å². The number of nitrogens with zero attached hydrogens (tertiary/aromatic N) is 3. The molecule has 1 amide bonds. The van der Waals surface area contributed by atoms with Crippen LogP contribution in [0.2, 0.25) is 0 Å². The Morgan fingerprint density at radius 2 is 2.00 bits per heavy atom. The number of amides is 1. The number of rotatable bonds is 6. The SMILES string of the molecule is CCn1cc(CC(=O)N2CCCN(CCOC)CC2)c2ccccc21. The number of aryl methyl sites for hydroxylation is 1. The average molecular weight is 343 g/mol. The Labute approximate surface area is 150 Å². The van der Waals surface area contributed by atoms with Gasteiger partial charge in [0.2, 0.25) is 5.91 Å². The van der Waals surface area contributed by atoms with Gasteiger partial charge in [-0.05, 0) is 31.5 Å². The molecule has 3 rings (SSSR count). The smallest absolute Gasteiger partial charge is 0.227 e. The third-order valence-electron chi connectivity index (χ3n) is 5.11. The molecule has 1 aliphatic heterocycles. The first-order chi connectivity index (χ1) is 12.2. The van der Waals surface area contributed by atoms with Crippen LogP contribution in [-0.2, 0) is 22.5 Å². The number of fused-ring (bicyclic) bond motifs is 1. The maximum Gasteiger partial charge on any atom is 0.227 e. The van der Waals surface area contributed by atoms with E-state index < -0.39 is 0 Å². The van der Waals surface area contributed by atoms with Gasteiger partial charge in [-0.2, -0.15) is 0 Å². The minimum atomic E-state index is 0.243. The first-order valence-electron chi connectivity index (χ1n) is 9.28. The Bertz CT molecular complexity index is 710. The van der Waals surface area contributed by atoms with Crippen molar-refractivity contribution < 1.29 is 9.53 Å². The van der Waals surface area contributed by atoms with E-state index in [0.717, 1.165) is 57.9 Å². The lowest BCUT2D eigenvalue weighted by Gasteiger charge is -2.21. The molecule has 0 aliphatic carbocycles. The highest BCUT2D eigenvalue weighted by Crippen LogP contribution is 2.22. The molecule has 0 saturated carbocycles. The van der Waals surface area contributed by atoms with Gasteiger partial charge in [-0.3, -0.25) is 9.69 Å². The standard InChI is InChI=1S/C20H29N3O2/c1-3-22-16-17(18-7-4-5-8-19(18)22)15-20(24)23-10-6-9-21(11-12-23)13-14-25-2/h4-5,7-8,16H,3,6,9-15H2,1-2H3. The predicted molar refractivity (Wildman–Crippen MR) is 101 cm³/mol. The Morgan fingerprint density at radius 3 is 2.80 bits per heavy atom. The van der Waals surface area contributed by atoms with Crippen molar-refractivity contribution in [2.24, 2.45) is 0 Å². The zero-order chi connectivity index (χ0) is 17.6. The minimum absolute atomic E-state index is 0.243. The summed E-state index contributed by atoms with van der Waals surface area (Å²) < 4.78 is 7.40. The van der Waals surface area contributed by atoms with Gasteiger partial charge in [0.1, 0.15) is 0 Å². The summed E-state index contributed by atoms with van der Waals surface area (Å²) in [6, 6.07) is 8.37. The van der Waals surface area contributed by atoms with Crippen molar-refractivity contribution >= 4 is 16.8 Å². The number of benzene rings is 1. The van der Waals surface area contributed by atoms with Crippen molar-refractivity contribution in [3.8, 4) is 0 Å². The maximum absolute atomic E-state index is 12.9. The number of hydrogen-bond donors (Lipinski definition) is 0. The van der Waals surface area contributed by atoms with E-state index in [1.807, 2.05) is 4.90 Å². The van der Waals surface area contributed by atoms with Crippen LogP contribution in [0.25, 0.3) is 10.9 Å². The van der Waals surface area contributed by atoms with E-state index in [1.165, 1.54) is 10.9 Å². The van der Waals surface area contributed by atoms with Crippen LogP contribution >= 0.6 is 0 Å². The van der Waals surface area contributed by atoms with E-state index in [2.05, 4.69) is 46.9 Å². The van der Waals surface area contributed by atoms with E-state index in [0.29, 0.717) is 6.42 Å². The van der Waals surface area contributed by atoms with Crippen LogP contribution in [0.15, 0.2) is 30.5 Å². The van der Waals surface area contributed by atoms with Crippen LogP contribution < -0.4 is 0 Å². The summed E-state index contributed by atoms with van der Waals surface area (Å²) >= 11 is 0. The maximum atomic E-state index is 12.9. The first kappa shape index (κ1) is 18.0. The molecule has 1 saturated heterocycles. The summed E-state index contributed by atoms with van der Waals surface area (Å²) in [5, 5.41) is 1.20. The number of hydrogen-bond acceptors (Lipinski definition) is 3. The quantitative estimate of drug-likeness (QED) is 0.808. The summed E-state index contributed by atoms with van der Waals surface area (Å²) in [7, 11) is 1.74. The lowest BCUT2D eigenvalue weighted by molar-refractivity contribution is -0.130. The fraction of sp³-hybridized carbons (Fsp3) is 0.550. The van der Waals surface area contributed by atoms with Gasteiger partial charge in [0.15, 0.2) is 0 Å². The van der Waals surface area contributed by atoms with Gasteiger partial charge in [0, 0.05) is 56.9 Å². The van der Waals surface area contributed by atoms with Crippen molar-refractivity contribution in [2.45, 2.75) is 26.3 Å². The second-order valence-electron chi connectivity index (χ2n) is 6.70. The molecular weight excluding hydrogens is 314 g/mol. The molecule has 0 spiro atoms. The minimum Gasteiger partial charge on any atom is -0.383 e. The molecule has 25 heavy (non-hydrogen) atoms. The summed E-state index contributed by atoms with van der Waals surface area (Å²) in [4.78, 5) is 17.3. The number of methoxy groups -OCH3 is 1. The lowest BCUT2D eigenvalue weighted by atomic mass is 10.1. The summed E-state index contributed by atoms with van der Waals surface area (Å²) in [5.74, 6) is 0.243. The third kappa shape index (κ3) is 4.22. The van der Waals surface area contributed by atoms with Crippen molar-refractivity contribution in [3.05, 3.63) is 36.0 Å². The van der Waals surface area contributed by atoms with E-state index in [9.17, 15) is 4.79 Å². The molecule has 0 unspecified atom stereocenters. The lowest BCUT2D eigenvalue weighted by Crippen LogP contribution is -2.36. The molecule has 1 aromatic carbocycles. The molecule has 0 atom stereocenters. The van der Waals surface area contributed by atoms with Crippen LogP contribution in [0.5, 0.6) is 0 Å². The molecule has 5 heteroatoms. The Hall–Kier alpha value is -1.85. The molecule has 0 N–H and O–H groups in total. The molecule has 0 bridgehead atoms. The fourth-order valence-corrected chi connectivity index (χ4v) is 3.66. The highest BCUT2D eigenvalue weighted by atomic mass is 16.5. The van der Waals surface area contributed by atoms with Gasteiger partial charge in [-0.1, -0.05) is 18.2 Å². The number of carbonyl (C=O) groups excluding carboxylic acids is 1. The van der Waals surface area contributed by atoms with Crippen molar-refractivity contribution in [3.63, 3.8) is 0 Å². The molecule has 2 aromatic rings. The van der Waals surface area contributed by atoms with E-state index in [4.69, 9.17) is 4.74 Å². The summed E-state index contributed by atoms with van der Waals surface area (Å²) in [6.45, 7) is 8.42. The molecule has 1 fully saturated rings. The average Bonchev–Trinajstić information content (AvgIpc) is 2.82. The van der Waals surface area contributed by atoms with Crippen molar-refractivity contribution in [2.75, 3.05) is 46.4 Å². The first-order valence-corrected chi connectivity index (χ1v) is 9.28. The monoisotopic (exact) mass is 343 g/mol. The molecule has 0 radical (unpaired) electrons. The van der Waals surface area contributed by atoms with Gasteiger partial charge in [0.05, 0.1) is 13.0 Å². The van der Waals surface area contributed by atoms with Crippen LogP contribution in [0.1, 0.15) is 18.9 Å². The van der Waals surface area contributed by atoms with Crippen LogP contribution in [0, 0.1) is 0 Å². The van der Waals surface area contributed by atoms with Crippen LogP contribution in [0.3, 0.4) is 0 Å². The molecule has 1 aromatic heterocycles. The Morgan fingerprint density at radius 1 is 1.16 bits per heavy atom. The zero-order valence-electron chi connectivity index (χ0n) is 15.4. The van der Waals surface area contributed by atoms with Crippen LogP contribution in [0.4, 0.5) is 0 Å². The van der Waals surface area contributed by atoms with Gasteiger partial charge in [-0.25, -0.2) is 0 Å². The van der Waals surface area contributed by atoms with Crippen molar-refractivity contribution in [1.29, 1.82) is 0 Å². The number of para-hydroxylation sites is 1. The Kier molecular flexibility index (Phi) is 6.10. The second kappa shape index (κ2) is 8.50. The van der Waals surface area contributed by atoms with Crippen molar-refractivity contribution in [1.82, 2.24) is 14.4 Å². The molecule has 1 aliphatic rings. The Balaban J connectivity index is 1.66. The highest BCUT2D eigenvalue weighted by Gasteiger charge is 2.20. The molecular formula is C20H29N3O2. The summed E-state index contributed by atoms with van der Waals surface area (Å²) in [6.07, 6.45) is 3.67. The number of ether oxygens (including phenoxy) is 1. The third-order valence-corrected chi connectivity index (χ3v) is 5.11. The summed E-state index contributed by atoms with van der Waals surface area (Å²) in [5.41, 5.74) is 2.36. The number of carbonyl (C=O) groups is 1. The molecule has 136 valence electrons. The molecule has 5 nitrogen and oxygen atoms in total. The largest absolute Gasteiger partial charge is 0.383 e. The fourth-order valence-electron chi connectivity index (χ4n) is 3.66.